The van der Waals surface area contributed by atoms with Gasteiger partial charge in [-0.1, -0.05) is 15.9 Å². The van der Waals surface area contributed by atoms with Gasteiger partial charge in [0.1, 0.15) is 11.5 Å². The Morgan fingerprint density at radius 3 is 2.85 bits per heavy atom. The van der Waals surface area contributed by atoms with Gasteiger partial charge in [0.15, 0.2) is 0 Å². The number of carbonyl (C=O) groups excluding carboxylic acids is 1. The van der Waals surface area contributed by atoms with E-state index in [-0.39, 0.29) is 11.7 Å². The fraction of sp³-hybridized carbons (Fsp3) is 0.0769. The van der Waals surface area contributed by atoms with Crippen LogP contribution in [0.5, 0.6) is 5.75 Å². The van der Waals surface area contributed by atoms with Crippen molar-refractivity contribution in [2.45, 2.75) is 6.92 Å². The number of hydrogen-bond donors (Lipinski definition) is 2. The van der Waals surface area contributed by atoms with Gasteiger partial charge < -0.3 is 9.52 Å². The Morgan fingerprint density at radius 1 is 1.45 bits per heavy atom. The summed E-state index contributed by atoms with van der Waals surface area (Å²) in [5.74, 6) is 0.192. The number of phenolic OH excluding ortho intramolecular Hbond substituents is 1. The van der Waals surface area contributed by atoms with E-state index in [9.17, 15) is 9.90 Å². The number of amides is 1. The van der Waals surface area contributed by atoms with Crippen molar-refractivity contribution in [3.63, 3.8) is 0 Å². The minimum atomic E-state index is -0.374. The number of rotatable bonds is 3. The van der Waals surface area contributed by atoms with E-state index in [0.717, 1.165) is 4.47 Å². The van der Waals surface area contributed by atoms with Crippen molar-refractivity contribution >= 4 is 44.0 Å². The lowest BCUT2D eigenvalue weighted by molar-refractivity contribution is 0.0953. The number of halogens is 2. The van der Waals surface area contributed by atoms with Crippen LogP contribution in [-0.2, 0) is 0 Å². The monoisotopic (exact) mass is 400 g/mol. The summed E-state index contributed by atoms with van der Waals surface area (Å²) < 4.78 is 6.35. The Labute approximate surface area is 131 Å². The largest absolute Gasteiger partial charge is 0.506 e. The number of carbonyl (C=O) groups is 1. The number of phenols is 1. The summed E-state index contributed by atoms with van der Waals surface area (Å²) in [5, 5.41) is 13.6. The molecule has 104 valence electrons. The SMILES string of the molecule is Cc1occc1C(=O)N/N=C\c1cc(Br)cc(Br)c1O. The maximum atomic E-state index is 11.8. The van der Waals surface area contributed by atoms with E-state index >= 15 is 0 Å². The molecule has 0 aliphatic rings. The molecule has 1 aromatic carbocycles. The summed E-state index contributed by atoms with van der Waals surface area (Å²) in [6.07, 6.45) is 2.80. The first kappa shape index (κ1) is 14.8. The van der Waals surface area contributed by atoms with Crippen molar-refractivity contribution < 1.29 is 14.3 Å². The predicted octanol–water partition coefficient (Wildman–Crippen LogP) is 3.58. The van der Waals surface area contributed by atoms with Gasteiger partial charge in [-0.2, -0.15) is 5.10 Å². The quantitative estimate of drug-likeness (QED) is 0.609. The highest BCUT2D eigenvalue weighted by Gasteiger charge is 2.10. The van der Waals surface area contributed by atoms with Crippen molar-refractivity contribution in [3.8, 4) is 5.75 Å². The summed E-state index contributed by atoms with van der Waals surface area (Å²) in [7, 11) is 0. The van der Waals surface area contributed by atoms with Gasteiger partial charge in [-0.05, 0) is 41.1 Å². The Balaban J connectivity index is 2.11. The lowest BCUT2D eigenvalue weighted by Gasteiger charge is -2.03. The van der Waals surface area contributed by atoms with Crippen LogP contribution in [0.25, 0.3) is 0 Å². The fourth-order valence-corrected chi connectivity index (χ4v) is 2.78. The zero-order valence-corrected chi connectivity index (χ0v) is 13.5. The van der Waals surface area contributed by atoms with Crippen LogP contribution in [0, 0.1) is 6.92 Å². The van der Waals surface area contributed by atoms with Gasteiger partial charge in [0.05, 0.1) is 22.5 Å². The van der Waals surface area contributed by atoms with Gasteiger partial charge in [0, 0.05) is 10.0 Å². The normalized spacial score (nSPS) is 10.9. The van der Waals surface area contributed by atoms with E-state index in [1.54, 1.807) is 25.1 Å². The number of nitrogens with one attached hydrogen (secondary N) is 1. The van der Waals surface area contributed by atoms with Crippen LogP contribution in [0.3, 0.4) is 0 Å². The average Bonchev–Trinajstić information content (AvgIpc) is 2.81. The highest BCUT2D eigenvalue weighted by atomic mass is 79.9. The topological polar surface area (TPSA) is 74.8 Å². The van der Waals surface area contributed by atoms with Gasteiger partial charge in [0.2, 0.25) is 0 Å². The minimum absolute atomic E-state index is 0.0469. The van der Waals surface area contributed by atoms with E-state index < -0.39 is 0 Å². The Bertz CT molecular complexity index is 680. The van der Waals surface area contributed by atoms with Gasteiger partial charge in [0.25, 0.3) is 5.91 Å². The number of nitrogens with zero attached hydrogens (tertiary/aromatic N) is 1. The highest BCUT2D eigenvalue weighted by molar-refractivity contribution is 9.11. The molecular formula is C13H10Br2N2O3. The van der Waals surface area contributed by atoms with Crippen LogP contribution in [0.2, 0.25) is 0 Å². The number of aryl methyl sites for hydroxylation is 1. The molecule has 0 atom stereocenters. The van der Waals surface area contributed by atoms with E-state index in [4.69, 9.17) is 4.42 Å². The summed E-state index contributed by atoms with van der Waals surface area (Å²) in [6, 6.07) is 4.95. The van der Waals surface area contributed by atoms with Gasteiger partial charge in [-0.25, -0.2) is 5.43 Å². The molecule has 0 saturated carbocycles. The molecule has 0 radical (unpaired) electrons. The Hall–Kier alpha value is -1.60. The van der Waals surface area contributed by atoms with Crippen molar-refractivity contribution in [2.75, 3.05) is 0 Å². The van der Waals surface area contributed by atoms with E-state index in [2.05, 4.69) is 42.4 Å². The molecule has 2 aromatic rings. The summed E-state index contributed by atoms with van der Waals surface area (Å²) in [4.78, 5) is 11.8. The molecule has 7 heteroatoms. The third kappa shape index (κ3) is 3.29. The number of hydrazone groups is 1. The van der Waals surface area contributed by atoms with Gasteiger partial charge >= 0.3 is 0 Å². The zero-order chi connectivity index (χ0) is 14.7. The number of hydrogen-bond acceptors (Lipinski definition) is 4. The maximum absolute atomic E-state index is 11.8. The predicted molar refractivity (Wildman–Crippen MR) is 82.0 cm³/mol. The molecule has 0 spiro atoms. The molecule has 5 nitrogen and oxygen atoms in total. The Morgan fingerprint density at radius 2 is 2.20 bits per heavy atom. The first-order valence-electron chi connectivity index (χ1n) is 5.54. The third-order valence-corrected chi connectivity index (χ3v) is 3.59. The van der Waals surface area contributed by atoms with Crippen LogP contribution in [0.15, 0.2) is 42.9 Å². The zero-order valence-electron chi connectivity index (χ0n) is 10.4. The highest BCUT2D eigenvalue weighted by Crippen LogP contribution is 2.30. The molecule has 0 bridgehead atoms. The summed E-state index contributed by atoms with van der Waals surface area (Å²) in [5.41, 5.74) is 3.26. The molecule has 1 aromatic heterocycles. The van der Waals surface area contributed by atoms with E-state index in [1.807, 2.05) is 0 Å². The van der Waals surface area contributed by atoms with Gasteiger partial charge in [-0.15, -0.1) is 0 Å². The second kappa shape index (κ2) is 6.23. The van der Waals surface area contributed by atoms with Crippen molar-refractivity contribution in [3.05, 3.63) is 50.3 Å². The first-order chi connectivity index (χ1) is 9.49. The van der Waals surface area contributed by atoms with Crippen LogP contribution < -0.4 is 5.43 Å². The van der Waals surface area contributed by atoms with Crippen LogP contribution in [0.4, 0.5) is 0 Å². The van der Waals surface area contributed by atoms with Crippen LogP contribution in [-0.4, -0.2) is 17.2 Å². The second-order valence-electron chi connectivity index (χ2n) is 3.92. The maximum Gasteiger partial charge on any atom is 0.274 e. The third-order valence-electron chi connectivity index (χ3n) is 2.53. The number of furan rings is 1. The first-order valence-corrected chi connectivity index (χ1v) is 7.13. The molecule has 1 amide bonds. The summed E-state index contributed by atoms with van der Waals surface area (Å²) >= 11 is 6.52. The Kier molecular flexibility index (Phi) is 4.61. The lowest BCUT2D eigenvalue weighted by atomic mass is 10.2. The molecule has 20 heavy (non-hydrogen) atoms. The van der Waals surface area contributed by atoms with E-state index in [0.29, 0.717) is 21.4 Å². The van der Waals surface area contributed by atoms with Crippen molar-refractivity contribution in [1.82, 2.24) is 5.43 Å². The minimum Gasteiger partial charge on any atom is -0.506 e. The molecule has 0 unspecified atom stereocenters. The van der Waals surface area contributed by atoms with Crippen molar-refractivity contribution in [2.24, 2.45) is 5.10 Å². The molecule has 0 aliphatic carbocycles. The number of benzene rings is 1. The molecule has 2 rings (SSSR count). The van der Waals surface area contributed by atoms with Crippen LogP contribution in [0.1, 0.15) is 21.7 Å². The lowest BCUT2D eigenvalue weighted by Crippen LogP contribution is -2.17. The van der Waals surface area contributed by atoms with Crippen molar-refractivity contribution in [1.29, 1.82) is 0 Å². The van der Waals surface area contributed by atoms with Gasteiger partial charge in [-0.3, -0.25) is 4.79 Å². The molecular weight excluding hydrogens is 392 g/mol. The van der Waals surface area contributed by atoms with E-state index in [1.165, 1.54) is 12.5 Å². The molecule has 0 saturated heterocycles. The fourth-order valence-electron chi connectivity index (χ4n) is 1.53. The summed E-state index contributed by atoms with van der Waals surface area (Å²) in [6.45, 7) is 1.69. The molecule has 0 aliphatic heterocycles. The average molecular weight is 402 g/mol. The molecule has 1 heterocycles. The standard InChI is InChI=1S/C13H10Br2N2O3/c1-7-10(2-3-20-7)13(19)17-16-6-8-4-9(14)5-11(15)12(8)18/h2-6,18H,1H3,(H,17,19)/b16-6-. The smallest absolute Gasteiger partial charge is 0.274 e. The number of aromatic hydroxyl groups is 1. The van der Waals surface area contributed by atoms with Crippen LogP contribution >= 0.6 is 31.9 Å². The molecule has 2 N–H and O–H groups in total. The molecule has 0 fully saturated rings. The second-order valence-corrected chi connectivity index (χ2v) is 5.69.